The molecular weight excluding hydrogens is 532 g/mol. The minimum absolute atomic E-state index is 0.400. The fourth-order valence-corrected chi connectivity index (χ4v) is 11.8. The summed E-state index contributed by atoms with van der Waals surface area (Å²) in [7, 11) is -1.25. The second kappa shape index (κ2) is 13.5. The highest BCUT2D eigenvalue weighted by Gasteiger charge is 2.41. The SMILES string of the molecule is C[C@@H](C1CCCC1=[P+](c1ccccc1)c1ccccc1)N(Cc1ccccc1)P(c1ccccc1)c1ccccc1. The molecule has 1 fully saturated rings. The molecule has 5 aromatic rings. The lowest BCUT2D eigenvalue weighted by molar-refractivity contribution is 0.306. The second-order valence-corrected chi connectivity index (χ2v) is 15.3. The lowest BCUT2D eigenvalue weighted by Gasteiger charge is -2.39. The maximum Gasteiger partial charge on any atom is 0.169 e. The molecule has 3 heteroatoms. The van der Waals surface area contributed by atoms with Crippen molar-refractivity contribution in [1.82, 2.24) is 4.67 Å². The Bertz CT molecular complexity index is 1460. The molecule has 2 atom stereocenters. The van der Waals surface area contributed by atoms with Crippen molar-refractivity contribution in [3.8, 4) is 0 Å². The van der Waals surface area contributed by atoms with E-state index in [1.165, 1.54) is 46.0 Å². The van der Waals surface area contributed by atoms with Crippen LogP contribution in [0.15, 0.2) is 152 Å². The van der Waals surface area contributed by atoms with Gasteiger partial charge in [0.15, 0.2) is 18.2 Å². The van der Waals surface area contributed by atoms with E-state index in [2.05, 4.69) is 163 Å². The molecule has 1 nitrogen and oxygen atoms in total. The number of rotatable bonds is 9. The molecule has 1 aliphatic rings. The third-order valence-electron chi connectivity index (χ3n) is 8.19. The summed E-state index contributed by atoms with van der Waals surface area (Å²) in [5.41, 5.74) is 1.38. The van der Waals surface area contributed by atoms with Crippen molar-refractivity contribution >= 4 is 42.1 Å². The van der Waals surface area contributed by atoms with Crippen LogP contribution in [0.25, 0.3) is 0 Å². The molecule has 5 aromatic carbocycles. The summed E-state index contributed by atoms with van der Waals surface area (Å²) < 4.78 is 2.86. The van der Waals surface area contributed by atoms with Gasteiger partial charge in [0.25, 0.3) is 0 Å². The molecule has 6 rings (SSSR count). The first-order chi connectivity index (χ1) is 20.3. The first-order valence-electron chi connectivity index (χ1n) is 14.8. The van der Waals surface area contributed by atoms with Crippen LogP contribution in [0.3, 0.4) is 0 Å². The van der Waals surface area contributed by atoms with E-state index in [0.717, 1.165) is 6.54 Å². The van der Waals surface area contributed by atoms with Gasteiger partial charge in [-0.05, 0) is 60.2 Å². The Kier molecular flexibility index (Phi) is 9.19. The third-order valence-corrected chi connectivity index (χ3v) is 13.5. The van der Waals surface area contributed by atoms with Gasteiger partial charge in [0, 0.05) is 33.0 Å². The normalized spacial score (nSPS) is 15.8. The molecule has 0 heterocycles. The van der Waals surface area contributed by atoms with Crippen molar-refractivity contribution in [2.45, 2.75) is 38.8 Å². The molecule has 1 unspecified atom stereocenters. The van der Waals surface area contributed by atoms with E-state index in [1.807, 2.05) is 0 Å². The molecule has 1 saturated carbocycles. The standard InChI is InChI=1S/C38H38NP2/c1-31(37-28-17-29-38(37)40(33-20-9-3-10-21-33)34-22-11-4-12-23-34)39(30-32-18-7-2-8-19-32)41(35-24-13-5-14-25-35)36-26-15-6-16-27-36/h2-16,18-27,31,37H,17,28-30H2,1H3/q+1/t31-,37?/m0/s1. The molecule has 41 heavy (non-hydrogen) atoms. The van der Waals surface area contributed by atoms with E-state index in [1.54, 1.807) is 5.29 Å². The highest BCUT2D eigenvalue weighted by atomic mass is 31.1. The van der Waals surface area contributed by atoms with Crippen molar-refractivity contribution in [2.24, 2.45) is 5.92 Å². The first-order valence-corrected chi connectivity index (χ1v) is 17.4. The van der Waals surface area contributed by atoms with Gasteiger partial charge in [-0.2, -0.15) is 0 Å². The smallest absolute Gasteiger partial charge is 0.169 e. The maximum atomic E-state index is 2.86. The molecule has 0 aliphatic heterocycles. The average molecular weight is 571 g/mol. The Balaban J connectivity index is 1.49. The lowest BCUT2D eigenvalue weighted by atomic mass is 9.99. The van der Waals surface area contributed by atoms with Gasteiger partial charge < -0.3 is 0 Å². The Labute approximate surface area is 248 Å². The highest BCUT2D eigenvalue weighted by molar-refractivity contribution is 7.73. The van der Waals surface area contributed by atoms with E-state index in [9.17, 15) is 0 Å². The van der Waals surface area contributed by atoms with Gasteiger partial charge in [-0.15, -0.1) is 0 Å². The van der Waals surface area contributed by atoms with Crippen LogP contribution in [0.5, 0.6) is 0 Å². The molecule has 1 aliphatic carbocycles. The van der Waals surface area contributed by atoms with Crippen molar-refractivity contribution < 1.29 is 0 Å². The molecule has 0 radical (unpaired) electrons. The number of hydrogen-bond donors (Lipinski definition) is 0. The summed E-state index contributed by atoms with van der Waals surface area (Å²) in [5.74, 6) is 0.544. The molecule has 204 valence electrons. The molecule has 0 aromatic heterocycles. The Morgan fingerprint density at radius 2 is 1.07 bits per heavy atom. The van der Waals surface area contributed by atoms with Crippen LogP contribution < -0.4 is 21.2 Å². The lowest BCUT2D eigenvalue weighted by Crippen LogP contribution is -2.41. The number of hydrogen-bond acceptors (Lipinski definition) is 1. The average Bonchev–Trinajstić information content (AvgIpc) is 3.52. The quantitative estimate of drug-likeness (QED) is 0.162. The maximum absolute atomic E-state index is 2.86. The number of benzene rings is 5. The van der Waals surface area contributed by atoms with Crippen LogP contribution in [-0.4, -0.2) is 16.0 Å². The highest BCUT2D eigenvalue weighted by Crippen LogP contribution is 2.46. The molecular formula is C38H38NP2+. The van der Waals surface area contributed by atoms with Gasteiger partial charge in [-0.25, -0.2) is 0 Å². The van der Waals surface area contributed by atoms with Gasteiger partial charge in [0.2, 0.25) is 0 Å². The largest absolute Gasteiger partial charge is 0.267 e. The Morgan fingerprint density at radius 3 is 1.56 bits per heavy atom. The zero-order chi connectivity index (χ0) is 27.9. The Morgan fingerprint density at radius 1 is 0.634 bits per heavy atom. The predicted molar refractivity (Wildman–Crippen MR) is 182 cm³/mol. The van der Waals surface area contributed by atoms with Crippen molar-refractivity contribution in [3.05, 3.63) is 157 Å². The monoisotopic (exact) mass is 570 g/mol. The Hall–Kier alpha value is -3.34. The van der Waals surface area contributed by atoms with Crippen molar-refractivity contribution in [1.29, 1.82) is 0 Å². The molecule has 0 N–H and O–H groups in total. The third kappa shape index (κ3) is 6.45. The van der Waals surface area contributed by atoms with Crippen LogP contribution in [0.2, 0.25) is 0 Å². The number of nitrogens with zero attached hydrogens (tertiary/aromatic N) is 1. The molecule has 0 amide bonds. The van der Waals surface area contributed by atoms with Crippen LogP contribution in [0.1, 0.15) is 31.7 Å². The summed E-state index contributed by atoms with van der Waals surface area (Å²) in [6.07, 6.45) is 3.75. The summed E-state index contributed by atoms with van der Waals surface area (Å²) in [4.78, 5) is 0. The van der Waals surface area contributed by atoms with E-state index < -0.39 is 15.6 Å². The topological polar surface area (TPSA) is 3.24 Å². The van der Waals surface area contributed by atoms with Crippen LogP contribution in [-0.2, 0) is 6.54 Å². The summed E-state index contributed by atoms with van der Waals surface area (Å²) in [5, 5.41) is 7.56. The summed E-state index contributed by atoms with van der Waals surface area (Å²) >= 11 is 0. The van der Waals surface area contributed by atoms with Crippen LogP contribution >= 0.6 is 15.6 Å². The minimum atomic E-state index is -0.713. The van der Waals surface area contributed by atoms with Crippen LogP contribution in [0.4, 0.5) is 0 Å². The minimum Gasteiger partial charge on any atom is -0.267 e. The van der Waals surface area contributed by atoms with Gasteiger partial charge in [-0.3, -0.25) is 4.67 Å². The van der Waals surface area contributed by atoms with E-state index in [-0.39, 0.29) is 0 Å². The molecule has 0 spiro atoms. The predicted octanol–water partition coefficient (Wildman–Crippen LogP) is 8.03. The van der Waals surface area contributed by atoms with Gasteiger partial charge in [0.1, 0.15) is 5.29 Å². The van der Waals surface area contributed by atoms with E-state index in [0.29, 0.717) is 12.0 Å². The summed E-state index contributed by atoms with van der Waals surface area (Å²) in [6, 6.07) is 56.5. The zero-order valence-electron chi connectivity index (χ0n) is 23.8. The fourth-order valence-electron chi connectivity index (χ4n) is 6.25. The van der Waals surface area contributed by atoms with Crippen LogP contribution in [0, 0.1) is 5.92 Å². The molecule has 0 saturated heterocycles. The fraction of sp³-hybridized carbons (Fsp3) is 0.184. The van der Waals surface area contributed by atoms with E-state index >= 15 is 0 Å². The van der Waals surface area contributed by atoms with Gasteiger partial charge >= 0.3 is 0 Å². The van der Waals surface area contributed by atoms with Gasteiger partial charge in [0.05, 0.1) is 0 Å². The van der Waals surface area contributed by atoms with Gasteiger partial charge in [-0.1, -0.05) is 127 Å². The second-order valence-electron chi connectivity index (χ2n) is 10.8. The first kappa shape index (κ1) is 27.8. The summed E-state index contributed by atoms with van der Waals surface area (Å²) in [6.45, 7) is 3.46. The van der Waals surface area contributed by atoms with Crippen molar-refractivity contribution in [2.75, 3.05) is 0 Å². The van der Waals surface area contributed by atoms with E-state index in [4.69, 9.17) is 0 Å². The molecule has 0 bridgehead atoms. The van der Waals surface area contributed by atoms with Crippen molar-refractivity contribution in [3.63, 3.8) is 0 Å². The zero-order valence-corrected chi connectivity index (χ0v) is 25.5.